The molecule has 3 nitrogen and oxygen atoms in total. The Morgan fingerprint density at radius 2 is 2.16 bits per heavy atom. The van der Waals surface area contributed by atoms with Gasteiger partial charge in [-0.3, -0.25) is 4.90 Å². The summed E-state index contributed by atoms with van der Waals surface area (Å²) in [4.78, 5) is 10.0. The fourth-order valence-corrected chi connectivity index (χ4v) is 4.08. The van der Waals surface area contributed by atoms with Crippen LogP contribution in [0.25, 0.3) is 10.6 Å². The Bertz CT molecular complexity index is 526. The highest BCUT2D eigenvalue weighted by atomic mass is 32.1. The van der Waals surface area contributed by atoms with Gasteiger partial charge in [-0.15, -0.1) is 22.7 Å². The second kappa shape index (κ2) is 6.13. The van der Waals surface area contributed by atoms with Crippen LogP contribution >= 0.6 is 22.7 Å². The van der Waals surface area contributed by atoms with Crippen LogP contribution in [0.2, 0.25) is 0 Å². The Kier molecular flexibility index (Phi) is 4.28. The fourth-order valence-electron chi connectivity index (χ4n) is 2.26. The zero-order valence-corrected chi connectivity index (χ0v) is 12.8. The molecule has 0 bridgehead atoms. The Morgan fingerprint density at radius 3 is 2.89 bits per heavy atom. The highest BCUT2D eigenvalue weighted by molar-refractivity contribution is 7.16. The monoisotopic (exact) mass is 293 g/mol. The van der Waals surface area contributed by atoms with E-state index in [0.717, 1.165) is 44.8 Å². The predicted molar refractivity (Wildman–Crippen MR) is 83.0 cm³/mol. The summed E-state index contributed by atoms with van der Waals surface area (Å²) in [7, 11) is 0. The van der Waals surface area contributed by atoms with Crippen molar-refractivity contribution < 1.29 is 0 Å². The van der Waals surface area contributed by atoms with Crippen molar-refractivity contribution in [3.8, 4) is 10.6 Å². The lowest BCUT2D eigenvalue weighted by atomic mass is 10.3. The summed E-state index contributed by atoms with van der Waals surface area (Å²) in [6, 6.07) is 4.42. The van der Waals surface area contributed by atoms with Crippen molar-refractivity contribution in [2.75, 3.05) is 26.2 Å². The number of aromatic nitrogens is 1. The van der Waals surface area contributed by atoms with Crippen LogP contribution in [0.4, 0.5) is 0 Å². The smallest absolute Gasteiger partial charge is 0.107 e. The van der Waals surface area contributed by atoms with Gasteiger partial charge in [-0.2, -0.15) is 0 Å². The number of aryl methyl sites for hydroxylation is 1. The van der Waals surface area contributed by atoms with Crippen LogP contribution in [-0.2, 0) is 13.0 Å². The van der Waals surface area contributed by atoms with Gasteiger partial charge >= 0.3 is 0 Å². The number of hydrogen-bond donors (Lipinski definition) is 1. The molecule has 0 amide bonds. The maximum absolute atomic E-state index is 4.79. The van der Waals surface area contributed by atoms with E-state index >= 15 is 0 Å². The molecule has 0 saturated carbocycles. The van der Waals surface area contributed by atoms with E-state index < -0.39 is 0 Å². The Labute approximate surface area is 122 Å². The lowest BCUT2D eigenvalue weighted by Gasteiger charge is -2.26. The summed E-state index contributed by atoms with van der Waals surface area (Å²) in [5.41, 5.74) is 1.15. The quantitative estimate of drug-likeness (QED) is 0.939. The van der Waals surface area contributed by atoms with Crippen LogP contribution < -0.4 is 5.32 Å². The van der Waals surface area contributed by atoms with Gasteiger partial charge in [-0.1, -0.05) is 6.92 Å². The van der Waals surface area contributed by atoms with Gasteiger partial charge < -0.3 is 5.32 Å². The zero-order valence-electron chi connectivity index (χ0n) is 11.2. The summed E-state index contributed by atoms with van der Waals surface area (Å²) in [6.45, 7) is 7.67. The summed E-state index contributed by atoms with van der Waals surface area (Å²) < 4.78 is 0. The molecule has 0 aliphatic carbocycles. The van der Waals surface area contributed by atoms with Crippen LogP contribution in [0.5, 0.6) is 0 Å². The molecule has 1 aliphatic rings. The van der Waals surface area contributed by atoms with E-state index in [1.54, 1.807) is 11.3 Å². The van der Waals surface area contributed by atoms with E-state index in [-0.39, 0.29) is 0 Å². The number of thiazole rings is 1. The highest BCUT2D eigenvalue weighted by Gasteiger charge is 2.13. The first kappa shape index (κ1) is 13.2. The maximum Gasteiger partial charge on any atom is 0.107 e. The third-order valence-corrected chi connectivity index (χ3v) is 5.47. The van der Waals surface area contributed by atoms with E-state index in [2.05, 4.69) is 34.7 Å². The number of rotatable bonds is 4. The van der Waals surface area contributed by atoms with E-state index in [1.165, 1.54) is 14.8 Å². The first-order valence-corrected chi connectivity index (χ1v) is 8.51. The van der Waals surface area contributed by atoms with Crippen LogP contribution in [0.1, 0.15) is 16.8 Å². The predicted octanol–water partition coefficient (Wildman–Crippen LogP) is 2.84. The number of nitrogens with zero attached hydrogens (tertiary/aromatic N) is 2. The Balaban J connectivity index is 1.68. The summed E-state index contributed by atoms with van der Waals surface area (Å²) in [5.74, 6) is 0. The summed E-state index contributed by atoms with van der Waals surface area (Å²) in [6.07, 6.45) is 1.11. The minimum absolute atomic E-state index is 0.998. The first-order valence-electron chi connectivity index (χ1n) is 6.81. The molecule has 0 unspecified atom stereocenters. The van der Waals surface area contributed by atoms with Crippen LogP contribution in [0.15, 0.2) is 17.5 Å². The van der Waals surface area contributed by atoms with Gasteiger partial charge in [-0.25, -0.2) is 4.98 Å². The third kappa shape index (κ3) is 3.23. The molecule has 1 N–H and O–H groups in total. The fraction of sp³-hybridized carbons (Fsp3) is 0.500. The van der Waals surface area contributed by atoms with Crippen LogP contribution in [0, 0.1) is 0 Å². The zero-order chi connectivity index (χ0) is 13.1. The van der Waals surface area contributed by atoms with Gasteiger partial charge in [0, 0.05) is 36.4 Å². The largest absolute Gasteiger partial charge is 0.314 e. The molecule has 0 radical (unpaired) electrons. The molecule has 2 aromatic rings. The lowest BCUT2D eigenvalue weighted by molar-refractivity contribution is 0.233. The van der Waals surface area contributed by atoms with E-state index in [9.17, 15) is 0 Å². The average molecular weight is 293 g/mol. The van der Waals surface area contributed by atoms with Crippen molar-refractivity contribution in [2.24, 2.45) is 0 Å². The highest BCUT2D eigenvalue weighted by Crippen LogP contribution is 2.29. The number of hydrogen-bond acceptors (Lipinski definition) is 5. The van der Waals surface area contributed by atoms with Crippen molar-refractivity contribution in [1.82, 2.24) is 15.2 Å². The molecule has 0 spiro atoms. The van der Waals surface area contributed by atoms with Gasteiger partial charge in [0.2, 0.25) is 0 Å². The number of nitrogens with one attached hydrogen (secondary N) is 1. The van der Waals surface area contributed by atoms with E-state index in [4.69, 9.17) is 4.98 Å². The van der Waals surface area contributed by atoms with Crippen molar-refractivity contribution >= 4 is 22.7 Å². The summed E-state index contributed by atoms with van der Waals surface area (Å²) in [5, 5.41) is 6.82. The van der Waals surface area contributed by atoms with Crippen LogP contribution in [0.3, 0.4) is 0 Å². The van der Waals surface area contributed by atoms with Crippen molar-refractivity contribution in [1.29, 1.82) is 0 Å². The number of piperazine rings is 1. The Hall–Kier alpha value is -0.750. The minimum atomic E-state index is 0.998. The molecule has 102 valence electrons. The molecule has 3 rings (SSSR count). The second-order valence-corrected chi connectivity index (χ2v) is 6.88. The molecule has 3 heterocycles. The molecule has 5 heteroatoms. The van der Waals surface area contributed by atoms with Crippen molar-refractivity contribution in [3.63, 3.8) is 0 Å². The Morgan fingerprint density at radius 1 is 1.32 bits per heavy atom. The normalized spacial score (nSPS) is 16.9. The van der Waals surface area contributed by atoms with Gasteiger partial charge in [-0.05, 0) is 18.6 Å². The summed E-state index contributed by atoms with van der Waals surface area (Å²) >= 11 is 3.65. The standard InChI is InChI=1S/C14H19N3S2/c1-2-11-3-4-13(19-11)12-10-18-14(16-12)9-17-7-5-15-6-8-17/h3-4,10,15H,2,5-9H2,1H3. The van der Waals surface area contributed by atoms with Gasteiger partial charge in [0.25, 0.3) is 0 Å². The molecule has 0 aromatic carbocycles. The third-order valence-electron chi connectivity index (χ3n) is 3.38. The molecular weight excluding hydrogens is 274 g/mol. The molecule has 0 atom stereocenters. The number of thiophene rings is 1. The molecule has 1 fully saturated rings. The second-order valence-electron chi connectivity index (χ2n) is 4.77. The molecule has 19 heavy (non-hydrogen) atoms. The first-order chi connectivity index (χ1) is 9.35. The molecular formula is C14H19N3S2. The topological polar surface area (TPSA) is 28.2 Å². The van der Waals surface area contributed by atoms with Crippen molar-refractivity contribution in [3.05, 3.63) is 27.4 Å². The average Bonchev–Trinajstić information content (AvgIpc) is 3.08. The van der Waals surface area contributed by atoms with E-state index in [1.807, 2.05) is 11.3 Å². The van der Waals surface area contributed by atoms with Crippen molar-refractivity contribution in [2.45, 2.75) is 19.9 Å². The molecule has 2 aromatic heterocycles. The van der Waals surface area contributed by atoms with E-state index in [0.29, 0.717) is 0 Å². The minimum Gasteiger partial charge on any atom is -0.314 e. The van der Waals surface area contributed by atoms with Gasteiger partial charge in [0.15, 0.2) is 0 Å². The maximum atomic E-state index is 4.79. The van der Waals surface area contributed by atoms with Crippen LogP contribution in [-0.4, -0.2) is 36.1 Å². The lowest BCUT2D eigenvalue weighted by Crippen LogP contribution is -2.42. The van der Waals surface area contributed by atoms with Gasteiger partial charge in [0.1, 0.15) is 5.01 Å². The van der Waals surface area contributed by atoms with Gasteiger partial charge in [0.05, 0.1) is 17.1 Å². The molecule has 1 saturated heterocycles. The SMILES string of the molecule is CCc1ccc(-c2csc(CN3CCNCC3)n2)s1. The molecule has 1 aliphatic heterocycles.